The summed E-state index contributed by atoms with van der Waals surface area (Å²) in [6.45, 7) is 4.12. The third-order valence-corrected chi connectivity index (χ3v) is 1.43. The molecule has 0 aliphatic carbocycles. The quantitative estimate of drug-likeness (QED) is 0.553. The molecule has 0 atom stereocenters. The number of hydrogen-bond donors (Lipinski definition) is 0. The van der Waals surface area contributed by atoms with Crippen molar-refractivity contribution in [2.75, 3.05) is 5.75 Å². The van der Waals surface area contributed by atoms with Gasteiger partial charge < -0.3 is 0 Å². The van der Waals surface area contributed by atoms with E-state index in [2.05, 4.69) is 13.8 Å². The molecule has 0 aromatic heterocycles. The van der Waals surface area contributed by atoms with Gasteiger partial charge in [0.1, 0.15) is 0 Å². The third kappa shape index (κ3) is 6.02. The number of carbonyl (C=O) groups excluding carboxylic acids is 1. The van der Waals surface area contributed by atoms with Gasteiger partial charge in [0.25, 0.3) is 0 Å². The van der Waals surface area contributed by atoms with Gasteiger partial charge in [-0.3, -0.25) is 4.79 Å². The van der Waals surface area contributed by atoms with Crippen molar-refractivity contribution in [3.05, 3.63) is 0 Å². The van der Waals surface area contributed by atoms with Crippen molar-refractivity contribution in [3.8, 4) is 0 Å². The largest absolute Gasteiger partial charge is 0.290 e. The first-order valence-electron chi connectivity index (χ1n) is 2.24. The van der Waals surface area contributed by atoms with Crippen molar-refractivity contribution in [1.82, 2.24) is 0 Å². The summed E-state index contributed by atoms with van der Waals surface area (Å²) in [4.78, 5) is 9.56. The maximum Gasteiger partial charge on any atom is 0.209 e. The second-order valence-electron chi connectivity index (χ2n) is 1.50. The molecule has 7 heavy (non-hydrogen) atoms. The van der Waals surface area contributed by atoms with Crippen LogP contribution < -0.4 is 0 Å². The fraction of sp³-hybridized carbons (Fsp3) is 0.800. The summed E-state index contributed by atoms with van der Waals surface area (Å²) in [5, 5.41) is 0.557. The molecule has 0 amide bonds. The molecular formula is C5H9OS. The highest BCUT2D eigenvalue weighted by molar-refractivity contribution is 8.00. The summed E-state index contributed by atoms with van der Waals surface area (Å²) < 4.78 is 0. The Labute approximate surface area is 48.5 Å². The van der Waals surface area contributed by atoms with Crippen LogP contribution in [0.2, 0.25) is 0 Å². The highest BCUT2D eigenvalue weighted by atomic mass is 32.2. The predicted octanol–water partition coefficient (Wildman–Crippen LogP) is 1.24. The van der Waals surface area contributed by atoms with E-state index in [9.17, 15) is 4.79 Å². The lowest BCUT2D eigenvalue weighted by atomic mass is 10.6. The van der Waals surface area contributed by atoms with E-state index in [-0.39, 0.29) is 0 Å². The van der Waals surface area contributed by atoms with Gasteiger partial charge in [-0.25, -0.2) is 0 Å². The molecule has 0 fully saturated rings. The Bertz CT molecular complexity index is 52.0. The van der Waals surface area contributed by atoms with E-state index in [0.717, 1.165) is 0 Å². The first kappa shape index (κ1) is 7.02. The number of thioether (sulfide) groups is 1. The molecule has 0 aliphatic heterocycles. The summed E-state index contributed by atoms with van der Waals surface area (Å²) in [7, 11) is 0. The van der Waals surface area contributed by atoms with Crippen LogP contribution in [0, 0.1) is 0 Å². The van der Waals surface area contributed by atoms with Crippen LogP contribution in [0.1, 0.15) is 13.8 Å². The molecule has 1 nitrogen and oxygen atoms in total. The molecule has 1 radical (unpaired) electrons. The molecule has 0 rings (SSSR count). The van der Waals surface area contributed by atoms with Crippen LogP contribution in [-0.4, -0.2) is 17.3 Å². The maximum atomic E-state index is 9.56. The Hall–Kier alpha value is 0.0200. The second-order valence-corrected chi connectivity index (χ2v) is 3.07. The summed E-state index contributed by atoms with van der Waals surface area (Å²) in [5.74, 6) is 0.512. The van der Waals surface area contributed by atoms with Gasteiger partial charge in [-0.15, -0.1) is 0 Å². The van der Waals surface area contributed by atoms with E-state index >= 15 is 0 Å². The molecular weight excluding hydrogens is 108 g/mol. The van der Waals surface area contributed by atoms with E-state index in [1.54, 1.807) is 11.8 Å². The van der Waals surface area contributed by atoms with Gasteiger partial charge in [0.15, 0.2) is 0 Å². The average Bonchev–Trinajstić information content (AvgIpc) is 1.61. The molecule has 0 aliphatic rings. The smallest absolute Gasteiger partial charge is 0.209 e. The van der Waals surface area contributed by atoms with Gasteiger partial charge in [0, 0.05) is 0 Å². The van der Waals surface area contributed by atoms with E-state index in [1.807, 2.05) is 6.29 Å². The first-order valence-corrected chi connectivity index (χ1v) is 3.29. The van der Waals surface area contributed by atoms with Crippen LogP contribution in [0.25, 0.3) is 0 Å². The molecule has 0 heterocycles. The van der Waals surface area contributed by atoms with Crippen molar-refractivity contribution < 1.29 is 4.79 Å². The minimum atomic E-state index is 0.512. The van der Waals surface area contributed by atoms with Crippen molar-refractivity contribution in [2.45, 2.75) is 19.1 Å². The minimum Gasteiger partial charge on any atom is -0.290 e. The molecule has 0 aromatic carbocycles. The van der Waals surface area contributed by atoms with E-state index in [0.29, 0.717) is 11.0 Å². The lowest BCUT2D eigenvalue weighted by Crippen LogP contribution is -1.88. The zero-order chi connectivity index (χ0) is 5.70. The van der Waals surface area contributed by atoms with Gasteiger partial charge in [0.05, 0.1) is 5.75 Å². The fourth-order valence-electron chi connectivity index (χ4n) is 0.201. The zero-order valence-electron chi connectivity index (χ0n) is 4.60. The Morgan fingerprint density at radius 2 is 2.29 bits per heavy atom. The average molecular weight is 117 g/mol. The first-order chi connectivity index (χ1) is 3.27. The summed E-state index contributed by atoms with van der Waals surface area (Å²) >= 11 is 1.61. The van der Waals surface area contributed by atoms with Crippen LogP contribution in [0.5, 0.6) is 0 Å². The molecule has 0 unspecified atom stereocenters. The second kappa shape index (κ2) is 4.19. The summed E-state index contributed by atoms with van der Waals surface area (Å²) in [5.41, 5.74) is 0. The third-order valence-electron chi connectivity index (χ3n) is 0.476. The summed E-state index contributed by atoms with van der Waals surface area (Å²) in [6, 6.07) is 0. The van der Waals surface area contributed by atoms with Crippen LogP contribution in [0.4, 0.5) is 0 Å². The van der Waals surface area contributed by atoms with Crippen molar-refractivity contribution in [1.29, 1.82) is 0 Å². The summed E-state index contributed by atoms with van der Waals surface area (Å²) in [6.07, 6.45) is 1.81. The van der Waals surface area contributed by atoms with Gasteiger partial charge in [0.2, 0.25) is 6.29 Å². The maximum absolute atomic E-state index is 9.56. The zero-order valence-corrected chi connectivity index (χ0v) is 5.42. The molecule has 2 heteroatoms. The van der Waals surface area contributed by atoms with Crippen molar-refractivity contribution in [2.24, 2.45) is 0 Å². The molecule has 0 saturated heterocycles. The molecule has 0 N–H and O–H groups in total. The van der Waals surface area contributed by atoms with Gasteiger partial charge in [-0.05, 0) is 5.25 Å². The SMILES string of the molecule is CC(C)SC[C]=O. The highest BCUT2D eigenvalue weighted by Crippen LogP contribution is 2.05. The number of rotatable bonds is 3. The monoisotopic (exact) mass is 117 g/mol. The van der Waals surface area contributed by atoms with E-state index < -0.39 is 0 Å². The van der Waals surface area contributed by atoms with Crippen molar-refractivity contribution in [3.63, 3.8) is 0 Å². The van der Waals surface area contributed by atoms with E-state index in [1.165, 1.54) is 0 Å². The highest BCUT2D eigenvalue weighted by Gasteiger charge is 1.89. The molecule has 41 valence electrons. The van der Waals surface area contributed by atoms with Crippen molar-refractivity contribution >= 4 is 18.0 Å². The molecule has 0 spiro atoms. The van der Waals surface area contributed by atoms with Gasteiger partial charge in [-0.1, -0.05) is 13.8 Å². The molecule has 0 saturated carbocycles. The fourth-order valence-corrected chi connectivity index (χ4v) is 0.602. The van der Waals surface area contributed by atoms with Crippen LogP contribution in [0.3, 0.4) is 0 Å². The Kier molecular flexibility index (Phi) is 4.20. The molecule has 0 aromatic rings. The Morgan fingerprint density at radius 3 is 2.43 bits per heavy atom. The lowest BCUT2D eigenvalue weighted by Gasteiger charge is -1.95. The topological polar surface area (TPSA) is 17.1 Å². The number of hydrogen-bond acceptors (Lipinski definition) is 2. The van der Waals surface area contributed by atoms with Crippen LogP contribution in [0.15, 0.2) is 0 Å². The van der Waals surface area contributed by atoms with Crippen LogP contribution in [-0.2, 0) is 4.79 Å². The Morgan fingerprint density at radius 1 is 1.71 bits per heavy atom. The van der Waals surface area contributed by atoms with E-state index in [4.69, 9.17) is 0 Å². The van der Waals surface area contributed by atoms with Gasteiger partial charge >= 0.3 is 0 Å². The predicted molar refractivity (Wildman–Crippen MR) is 33.3 cm³/mol. The standard InChI is InChI=1S/C5H9OS/c1-5(2)7-4-3-6/h5H,4H2,1-2H3. The molecule has 0 bridgehead atoms. The van der Waals surface area contributed by atoms with Crippen LogP contribution >= 0.6 is 11.8 Å². The Balaban J connectivity index is 2.81. The normalized spacial score (nSPS) is 9.57. The lowest BCUT2D eigenvalue weighted by molar-refractivity contribution is 0.560. The minimum absolute atomic E-state index is 0.512. The van der Waals surface area contributed by atoms with Gasteiger partial charge in [-0.2, -0.15) is 11.8 Å².